The fourth-order valence-corrected chi connectivity index (χ4v) is 3.52. The Labute approximate surface area is 167 Å². The SMILES string of the molecule is CCc1ccc(N2C(=O)/C(=C\c3ccccc3Br)C(C(=O)OC)=C2C)cc1. The molecule has 0 aliphatic carbocycles. The molecule has 0 radical (unpaired) electrons. The average molecular weight is 426 g/mol. The number of halogens is 1. The van der Waals surface area contributed by atoms with Crippen LogP contribution in [0.15, 0.2) is 69.8 Å². The van der Waals surface area contributed by atoms with Crippen molar-refractivity contribution in [3.05, 3.63) is 81.0 Å². The molecule has 2 aromatic rings. The molecule has 0 spiro atoms. The molecule has 1 heterocycles. The molecule has 1 aliphatic heterocycles. The third kappa shape index (κ3) is 3.60. The Balaban J connectivity index is 2.13. The van der Waals surface area contributed by atoms with Gasteiger partial charge in [-0.2, -0.15) is 0 Å². The maximum Gasteiger partial charge on any atom is 0.340 e. The Hall–Kier alpha value is -2.66. The highest BCUT2D eigenvalue weighted by Gasteiger charge is 2.37. The number of carbonyl (C=O) groups is 2. The van der Waals surface area contributed by atoms with Crippen molar-refractivity contribution in [1.82, 2.24) is 0 Å². The smallest absolute Gasteiger partial charge is 0.340 e. The monoisotopic (exact) mass is 425 g/mol. The van der Waals surface area contributed by atoms with E-state index in [0.29, 0.717) is 11.3 Å². The molecule has 0 saturated heterocycles. The average Bonchev–Trinajstić information content (AvgIpc) is 2.93. The van der Waals surface area contributed by atoms with Gasteiger partial charge < -0.3 is 4.74 Å². The lowest BCUT2D eigenvalue weighted by Gasteiger charge is -2.18. The number of hydrogen-bond donors (Lipinski definition) is 0. The zero-order valence-electron chi connectivity index (χ0n) is 15.5. The first-order valence-electron chi connectivity index (χ1n) is 8.67. The van der Waals surface area contributed by atoms with Crippen LogP contribution in [0.3, 0.4) is 0 Å². The van der Waals surface area contributed by atoms with Gasteiger partial charge in [0, 0.05) is 15.9 Å². The highest BCUT2D eigenvalue weighted by atomic mass is 79.9. The fraction of sp³-hybridized carbons (Fsp3) is 0.182. The molecule has 0 bridgehead atoms. The molecule has 138 valence electrons. The second-order valence-electron chi connectivity index (χ2n) is 6.19. The molecule has 0 atom stereocenters. The van der Waals surface area contributed by atoms with E-state index in [1.807, 2.05) is 48.5 Å². The Morgan fingerprint density at radius 2 is 1.81 bits per heavy atom. The minimum Gasteiger partial charge on any atom is -0.465 e. The van der Waals surface area contributed by atoms with Gasteiger partial charge in [-0.25, -0.2) is 4.79 Å². The van der Waals surface area contributed by atoms with Gasteiger partial charge in [0.2, 0.25) is 0 Å². The molecule has 0 unspecified atom stereocenters. The second-order valence-corrected chi connectivity index (χ2v) is 7.05. The summed E-state index contributed by atoms with van der Waals surface area (Å²) in [5.74, 6) is -0.764. The van der Waals surface area contributed by atoms with Crippen molar-refractivity contribution in [3.63, 3.8) is 0 Å². The first-order valence-corrected chi connectivity index (χ1v) is 9.46. The van der Waals surface area contributed by atoms with Crippen molar-refractivity contribution < 1.29 is 14.3 Å². The van der Waals surface area contributed by atoms with Crippen LogP contribution in [0.1, 0.15) is 25.0 Å². The number of esters is 1. The number of nitrogens with zero attached hydrogens (tertiary/aromatic N) is 1. The van der Waals surface area contributed by atoms with E-state index in [2.05, 4.69) is 22.9 Å². The van der Waals surface area contributed by atoms with Crippen LogP contribution in [-0.2, 0) is 20.7 Å². The molecule has 0 N–H and O–H groups in total. The summed E-state index contributed by atoms with van der Waals surface area (Å²) in [6.07, 6.45) is 2.65. The zero-order chi connectivity index (χ0) is 19.6. The quantitative estimate of drug-likeness (QED) is 0.517. The Morgan fingerprint density at radius 1 is 1.15 bits per heavy atom. The third-order valence-corrected chi connectivity index (χ3v) is 5.32. The number of allylic oxidation sites excluding steroid dienone is 1. The summed E-state index contributed by atoms with van der Waals surface area (Å²) in [6, 6.07) is 15.3. The first-order chi connectivity index (χ1) is 13.0. The number of aryl methyl sites for hydroxylation is 1. The van der Waals surface area contributed by atoms with Crippen LogP contribution in [-0.4, -0.2) is 19.0 Å². The molecule has 0 fully saturated rings. The van der Waals surface area contributed by atoms with Crippen molar-refractivity contribution in [1.29, 1.82) is 0 Å². The zero-order valence-corrected chi connectivity index (χ0v) is 17.0. The molecule has 1 aliphatic rings. The van der Waals surface area contributed by atoms with Crippen LogP contribution in [0.25, 0.3) is 6.08 Å². The predicted molar refractivity (Wildman–Crippen MR) is 110 cm³/mol. The van der Waals surface area contributed by atoms with E-state index in [-0.39, 0.29) is 11.5 Å². The van der Waals surface area contributed by atoms with Gasteiger partial charge in [-0.05, 0) is 48.7 Å². The highest BCUT2D eigenvalue weighted by Crippen LogP contribution is 2.36. The van der Waals surface area contributed by atoms with Crippen LogP contribution in [0.4, 0.5) is 5.69 Å². The molecular formula is C22H20BrNO3. The van der Waals surface area contributed by atoms with E-state index in [9.17, 15) is 9.59 Å². The molecule has 27 heavy (non-hydrogen) atoms. The van der Waals surface area contributed by atoms with Gasteiger partial charge in [-0.3, -0.25) is 9.69 Å². The number of hydrogen-bond acceptors (Lipinski definition) is 3. The van der Waals surface area contributed by atoms with E-state index in [4.69, 9.17) is 4.74 Å². The Morgan fingerprint density at radius 3 is 2.41 bits per heavy atom. The molecule has 4 nitrogen and oxygen atoms in total. The summed E-state index contributed by atoms with van der Waals surface area (Å²) >= 11 is 3.49. The summed E-state index contributed by atoms with van der Waals surface area (Å²) in [7, 11) is 1.32. The van der Waals surface area contributed by atoms with Crippen LogP contribution < -0.4 is 4.90 Å². The molecular weight excluding hydrogens is 406 g/mol. The van der Waals surface area contributed by atoms with Gasteiger partial charge >= 0.3 is 5.97 Å². The lowest BCUT2D eigenvalue weighted by Crippen LogP contribution is -2.24. The summed E-state index contributed by atoms with van der Waals surface area (Å²) in [6.45, 7) is 3.84. The van der Waals surface area contributed by atoms with Crippen LogP contribution >= 0.6 is 15.9 Å². The van der Waals surface area contributed by atoms with Gasteiger partial charge in [0.15, 0.2) is 0 Å². The molecule has 0 saturated carbocycles. The summed E-state index contributed by atoms with van der Waals surface area (Å²) < 4.78 is 5.79. The molecule has 2 aromatic carbocycles. The number of carbonyl (C=O) groups excluding carboxylic acids is 2. The lowest BCUT2D eigenvalue weighted by molar-refractivity contribution is -0.136. The van der Waals surface area contributed by atoms with Gasteiger partial charge in [-0.1, -0.05) is 53.2 Å². The summed E-state index contributed by atoms with van der Waals surface area (Å²) in [5.41, 5.74) is 3.91. The van der Waals surface area contributed by atoms with Gasteiger partial charge in [0.1, 0.15) is 0 Å². The standard InChI is InChI=1S/C22H20BrNO3/c1-4-15-9-11-17(12-10-15)24-14(2)20(22(26)27-3)18(21(24)25)13-16-7-5-6-8-19(16)23/h5-13H,4H2,1-3H3/b18-13-. The number of amides is 1. The van der Waals surface area contributed by atoms with Gasteiger partial charge in [0.25, 0.3) is 5.91 Å². The lowest BCUT2D eigenvalue weighted by atomic mass is 10.0. The fourth-order valence-electron chi connectivity index (χ4n) is 3.12. The van der Waals surface area contributed by atoms with E-state index < -0.39 is 5.97 Å². The van der Waals surface area contributed by atoms with Crippen molar-refractivity contribution in [2.75, 3.05) is 12.0 Å². The van der Waals surface area contributed by atoms with Gasteiger partial charge in [-0.15, -0.1) is 0 Å². The summed E-state index contributed by atoms with van der Waals surface area (Å²) in [4.78, 5) is 27.2. The normalized spacial score (nSPS) is 15.6. The number of anilines is 1. The highest BCUT2D eigenvalue weighted by molar-refractivity contribution is 9.10. The number of benzene rings is 2. The molecule has 1 amide bonds. The van der Waals surface area contributed by atoms with Crippen molar-refractivity contribution in [2.24, 2.45) is 0 Å². The maximum absolute atomic E-state index is 13.2. The Bertz CT molecular complexity index is 958. The van der Waals surface area contributed by atoms with Crippen LogP contribution in [0.2, 0.25) is 0 Å². The molecule has 0 aromatic heterocycles. The predicted octanol–water partition coefficient (Wildman–Crippen LogP) is 4.89. The number of ether oxygens (including phenoxy) is 1. The van der Waals surface area contributed by atoms with E-state index in [1.54, 1.807) is 17.9 Å². The van der Waals surface area contributed by atoms with Crippen molar-refractivity contribution in [3.8, 4) is 0 Å². The molecule has 3 rings (SSSR count). The van der Waals surface area contributed by atoms with E-state index in [1.165, 1.54) is 12.7 Å². The van der Waals surface area contributed by atoms with E-state index >= 15 is 0 Å². The summed E-state index contributed by atoms with van der Waals surface area (Å²) in [5, 5.41) is 0. The topological polar surface area (TPSA) is 46.6 Å². The van der Waals surface area contributed by atoms with Gasteiger partial charge in [0.05, 0.1) is 18.3 Å². The van der Waals surface area contributed by atoms with Crippen LogP contribution in [0, 0.1) is 0 Å². The molecule has 5 heteroatoms. The maximum atomic E-state index is 13.2. The third-order valence-electron chi connectivity index (χ3n) is 4.60. The minimum atomic E-state index is -0.521. The van der Waals surface area contributed by atoms with Crippen LogP contribution in [0.5, 0.6) is 0 Å². The number of rotatable bonds is 4. The second kappa shape index (κ2) is 7.92. The minimum absolute atomic E-state index is 0.243. The Kier molecular flexibility index (Phi) is 5.61. The number of methoxy groups -OCH3 is 1. The largest absolute Gasteiger partial charge is 0.465 e. The van der Waals surface area contributed by atoms with Crippen molar-refractivity contribution >= 4 is 39.6 Å². The van der Waals surface area contributed by atoms with Crippen molar-refractivity contribution in [2.45, 2.75) is 20.3 Å². The first kappa shape index (κ1) is 19.1. The van der Waals surface area contributed by atoms with E-state index in [0.717, 1.165) is 22.1 Å².